The van der Waals surface area contributed by atoms with Gasteiger partial charge in [0, 0.05) is 31.3 Å². The Kier molecular flexibility index (Phi) is 9.34. The highest BCUT2D eigenvalue weighted by Crippen LogP contribution is 2.63. The smallest absolute Gasteiger partial charge is 0.338 e. The lowest BCUT2D eigenvalue weighted by Crippen LogP contribution is -2.78. The van der Waals surface area contributed by atoms with E-state index in [1.807, 2.05) is 54.5 Å². The number of fused-ring (bicyclic) bond motifs is 5. The molecule has 5 rings (SSSR count). The molecule has 0 unspecified atom stereocenters. The highest BCUT2D eigenvalue weighted by molar-refractivity contribution is 5.89. The lowest BCUT2D eigenvalue weighted by atomic mass is 9.48. The largest absolute Gasteiger partial charge is 0.458 e. The summed E-state index contributed by atoms with van der Waals surface area (Å²) < 4.78 is 32.2. The minimum absolute atomic E-state index is 0.0957. The molecule has 4 fully saturated rings. The van der Waals surface area contributed by atoms with E-state index in [0.717, 1.165) is 5.57 Å². The Morgan fingerprint density at radius 2 is 1.78 bits per heavy atom. The van der Waals surface area contributed by atoms with Gasteiger partial charge in [0.25, 0.3) is 0 Å². The summed E-state index contributed by atoms with van der Waals surface area (Å²) in [7, 11) is 0. The fourth-order valence-corrected chi connectivity index (χ4v) is 8.53. The van der Waals surface area contributed by atoms with Crippen LogP contribution in [0.4, 0.5) is 0 Å². The molecule has 45 heavy (non-hydrogen) atoms. The van der Waals surface area contributed by atoms with Crippen LogP contribution >= 0.6 is 0 Å². The van der Waals surface area contributed by atoms with Crippen LogP contribution in [0.2, 0.25) is 0 Å². The molecule has 2 saturated heterocycles. The minimum Gasteiger partial charge on any atom is -0.458 e. The van der Waals surface area contributed by atoms with E-state index in [-0.39, 0.29) is 44.9 Å². The van der Waals surface area contributed by atoms with Crippen molar-refractivity contribution in [1.29, 1.82) is 0 Å². The third kappa shape index (κ3) is 5.87. The Morgan fingerprint density at radius 1 is 1.09 bits per heavy atom. The maximum Gasteiger partial charge on any atom is 0.338 e. The molecule has 2 saturated carbocycles. The van der Waals surface area contributed by atoms with E-state index < -0.39 is 70.7 Å². The predicted octanol–water partition coefficient (Wildman–Crippen LogP) is 4.09. The third-order valence-corrected chi connectivity index (χ3v) is 10.6. The number of ether oxygens (including phenoxy) is 5. The van der Waals surface area contributed by atoms with E-state index >= 15 is 0 Å². The topological polar surface area (TPSA) is 141 Å². The molecule has 10 nitrogen and oxygen atoms in total. The van der Waals surface area contributed by atoms with Crippen LogP contribution in [-0.2, 0) is 28.5 Å². The van der Waals surface area contributed by atoms with Gasteiger partial charge in [-0.05, 0) is 62.3 Å². The molecular weight excluding hydrogens is 580 g/mol. The van der Waals surface area contributed by atoms with Crippen molar-refractivity contribution in [2.45, 2.75) is 129 Å². The number of carbonyl (C=O) groups excluding carboxylic acids is 2. The maximum absolute atomic E-state index is 13.8. The highest BCUT2D eigenvalue weighted by Gasteiger charge is 2.75. The molecule has 2 aliphatic heterocycles. The summed E-state index contributed by atoms with van der Waals surface area (Å²) in [4.78, 5) is 27.0. The summed E-state index contributed by atoms with van der Waals surface area (Å²) in [6, 6.07) is 8.72. The first kappa shape index (κ1) is 34.0. The van der Waals surface area contributed by atoms with E-state index in [9.17, 15) is 24.9 Å². The number of hydrogen-bond acceptors (Lipinski definition) is 10. The van der Waals surface area contributed by atoms with Crippen molar-refractivity contribution in [2.24, 2.45) is 16.7 Å². The van der Waals surface area contributed by atoms with Crippen molar-refractivity contribution in [2.75, 3.05) is 13.2 Å². The van der Waals surface area contributed by atoms with Crippen LogP contribution in [0.15, 0.2) is 41.5 Å². The summed E-state index contributed by atoms with van der Waals surface area (Å²) in [5, 5.41) is 33.0. The summed E-state index contributed by atoms with van der Waals surface area (Å²) in [5.41, 5.74) is -1.29. The van der Waals surface area contributed by atoms with Gasteiger partial charge >= 0.3 is 11.9 Å². The number of rotatable bonds is 8. The minimum atomic E-state index is -1.18. The van der Waals surface area contributed by atoms with E-state index in [2.05, 4.69) is 0 Å². The van der Waals surface area contributed by atoms with Gasteiger partial charge in [-0.15, -0.1) is 0 Å². The van der Waals surface area contributed by atoms with Crippen molar-refractivity contribution >= 4 is 11.9 Å². The Labute approximate surface area is 266 Å². The first-order valence-corrected chi connectivity index (χ1v) is 16.2. The number of benzene rings is 1. The molecule has 0 radical (unpaired) electrons. The van der Waals surface area contributed by atoms with Crippen molar-refractivity contribution in [1.82, 2.24) is 0 Å². The fourth-order valence-electron chi connectivity index (χ4n) is 8.53. The van der Waals surface area contributed by atoms with Crippen molar-refractivity contribution < 1.29 is 48.6 Å². The highest BCUT2D eigenvalue weighted by atomic mass is 16.8. The molecule has 0 spiro atoms. The number of hydrogen-bond donors (Lipinski definition) is 3. The first-order chi connectivity index (χ1) is 21.1. The zero-order valence-corrected chi connectivity index (χ0v) is 27.6. The van der Waals surface area contributed by atoms with Crippen LogP contribution in [0.25, 0.3) is 0 Å². The van der Waals surface area contributed by atoms with Crippen LogP contribution in [0.5, 0.6) is 0 Å². The number of esters is 2. The van der Waals surface area contributed by atoms with Gasteiger partial charge < -0.3 is 39.0 Å². The second-order valence-corrected chi connectivity index (χ2v) is 14.6. The van der Waals surface area contributed by atoms with Crippen LogP contribution in [0.3, 0.4) is 0 Å². The molecule has 0 amide bonds. The predicted molar refractivity (Wildman–Crippen MR) is 164 cm³/mol. The molecule has 0 aromatic heterocycles. The van der Waals surface area contributed by atoms with E-state index in [1.54, 1.807) is 24.3 Å². The van der Waals surface area contributed by atoms with Gasteiger partial charge in [0.05, 0.1) is 36.4 Å². The van der Waals surface area contributed by atoms with Crippen LogP contribution in [0, 0.1) is 16.7 Å². The number of aliphatic hydroxyl groups excluding tert-OH is 3. The lowest BCUT2D eigenvalue weighted by molar-refractivity contribution is -0.349. The van der Waals surface area contributed by atoms with Gasteiger partial charge in [0.15, 0.2) is 11.4 Å². The van der Waals surface area contributed by atoms with Crippen LogP contribution in [0.1, 0.15) is 90.9 Å². The second-order valence-electron chi connectivity index (χ2n) is 14.6. The quantitative estimate of drug-likeness (QED) is 0.284. The van der Waals surface area contributed by atoms with Crippen molar-refractivity contribution in [3.8, 4) is 0 Å². The van der Waals surface area contributed by atoms with Gasteiger partial charge in [0.1, 0.15) is 18.3 Å². The standard InChI is InChI=1S/C35H50O10/c1-8-12-26(39)43-35-19-41-25(35)17-24(38)34(7)29(35)23(42-31(40)21-13-10-9-11-14-21)18-32(3,4)27(20(2)22(37)15-16-36)28-30(34)45-33(5,6)44-28/h9-11,13-14,22-25,28-30,36-38H,8,12,15-19H2,1-7H3/b27-20-/t22-,23+,24-,25+,28+,29-,30+,34+,35-/m0/s1. The van der Waals surface area contributed by atoms with Crippen molar-refractivity contribution in [3.63, 3.8) is 0 Å². The number of aliphatic hydroxyl groups is 3. The lowest BCUT2D eigenvalue weighted by Gasteiger charge is -2.66. The van der Waals surface area contributed by atoms with E-state index in [1.165, 1.54) is 0 Å². The molecule has 250 valence electrons. The van der Waals surface area contributed by atoms with Crippen molar-refractivity contribution in [3.05, 3.63) is 47.0 Å². The summed E-state index contributed by atoms with van der Waals surface area (Å²) in [5.74, 6) is -2.70. The fraction of sp³-hybridized carbons (Fsp3) is 0.714. The monoisotopic (exact) mass is 630 g/mol. The Morgan fingerprint density at radius 3 is 2.38 bits per heavy atom. The molecule has 1 aromatic rings. The molecule has 1 aromatic carbocycles. The van der Waals surface area contributed by atoms with Gasteiger partial charge in [-0.2, -0.15) is 0 Å². The zero-order chi connectivity index (χ0) is 32.9. The molecule has 2 aliphatic carbocycles. The van der Waals surface area contributed by atoms with E-state index in [4.69, 9.17) is 23.7 Å². The second kappa shape index (κ2) is 12.4. The summed E-state index contributed by atoms with van der Waals surface area (Å²) in [6.45, 7) is 13.2. The van der Waals surface area contributed by atoms with Crippen LogP contribution in [-0.4, -0.2) is 88.5 Å². The molecule has 0 bridgehead atoms. The molecule has 10 heteroatoms. The van der Waals surface area contributed by atoms with Gasteiger partial charge in [-0.1, -0.05) is 45.9 Å². The first-order valence-electron chi connectivity index (χ1n) is 16.2. The van der Waals surface area contributed by atoms with E-state index in [0.29, 0.717) is 17.6 Å². The van der Waals surface area contributed by atoms with Gasteiger partial charge in [-0.3, -0.25) is 4.79 Å². The molecule has 9 atom stereocenters. The molecule has 2 heterocycles. The Hall–Kier alpha value is -2.34. The number of carbonyl (C=O) groups is 2. The summed E-state index contributed by atoms with van der Waals surface area (Å²) >= 11 is 0. The third-order valence-electron chi connectivity index (χ3n) is 10.6. The Bertz CT molecular complexity index is 1290. The Balaban J connectivity index is 1.74. The average molecular weight is 631 g/mol. The maximum atomic E-state index is 13.8. The normalized spacial score (nSPS) is 38.3. The summed E-state index contributed by atoms with van der Waals surface area (Å²) in [6.07, 6.45) is -3.47. The average Bonchev–Trinajstić information content (AvgIpc) is 3.28. The molecular formula is C35H50O10. The van der Waals surface area contributed by atoms with Crippen LogP contribution < -0.4 is 0 Å². The molecule has 4 aliphatic rings. The SMILES string of the molecule is CCCC(=O)O[C@@]12CO[C@@H]1C[C@H](O)[C@@]1(C)[C@@H]3OC(C)(C)O[C@@H]3/C(=C(\C)[C@@H](O)CCO)C(C)(C)C[C@@H](OC(=O)c3ccccc3)[C@H]21. The zero-order valence-electron chi connectivity index (χ0n) is 27.6. The van der Waals surface area contributed by atoms with Gasteiger partial charge in [-0.25, -0.2) is 4.79 Å². The van der Waals surface area contributed by atoms with Gasteiger partial charge in [0.2, 0.25) is 0 Å². The molecule has 3 N–H and O–H groups in total.